The van der Waals surface area contributed by atoms with E-state index >= 15 is 0 Å². The van der Waals surface area contributed by atoms with Crippen molar-refractivity contribution in [3.05, 3.63) is 36.0 Å². The number of nitrogens with one attached hydrogen (secondary N) is 1. The van der Waals surface area contributed by atoms with Crippen LogP contribution in [0.15, 0.2) is 36.0 Å². The molecule has 0 aliphatic carbocycles. The topological polar surface area (TPSA) is 108 Å². The van der Waals surface area contributed by atoms with E-state index in [1.54, 1.807) is 20.1 Å². The number of piperidine rings is 1. The first-order valence-corrected chi connectivity index (χ1v) is 18.2. The van der Waals surface area contributed by atoms with Crippen LogP contribution in [0, 0.1) is 17.8 Å². The Morgan fingerprint density at radius 3 is 2.33 bits per heavy atom. The number of allylic oxidation sites excluding steroid dienone is 2. The highest BCUT2D eigenvalue weighted by Crippen LogP contribution is 2.39. The van der Waals surface area contributed by atoms with Crippen molar-refractivity contribution in [2.75, 3.05) is 7.11 Å². The zero-order valence-corrected chi connectivity index (χ0v) is 28.2. The Morgan fingerprint density at radius 1 is 1.12 bits per heavy atom. The van der Waals surface area contributed by atoms with Crippen molar-refractivity contribution >= 4 is 31.9 Å². The number of imide groups is 1. The SMILES string of the molecule is CO[C@H]1/C=C/CC/C=C/C(=O)O[C@H]([C@H](C)C(=O)CCCC2CC(=O)NC(=O)C2)/C(C)=C\[C@@H](C)[C@@H]1O[Si](C)(C)C(C)(C)C. The number of ether oxygens (including phenoxy) is 2. The molecule has 8 nitrogen and oxygen atoms in total. The maximum atomic E-state index is 13.4. The molecule has 2 aliphatic heterocycles. The van der Waals surface area contributed by atoms with Crippen LogP contribution in [0.3, 0.4) is 0 Å². The average molecular weight is 604 g/mol. The fourth-order valence-corrected chi connectivity index (χ4v) is 6.68. The maximum Gasteiger partial charge on any atom is 0.331 e. The first-order valence-electron chi connectivity index (χ1n) is 15.3. The van der Waals surface area contributed by atoms with E-state index in [1.807, 2.05) is 6.92 Å². The van der Waals surface area contributed by atoms with Gasteiger partial charge >= 0.3 is 5.97 Å². The second-order valence-corrected chi connectivity index (χ2v) is 18.2. The van der Waals surface area contributed by atoms with Crippen LogP contribution in [0.25, 0.3) is 0 Å². The molecule has 0 aromatic carbocycles. The van der Waals surface area contributed by atoms with Gasteiger partial charge in [0.2, 0.25) is 11.8 Å². The molecule has 9 heteroatoms. The summed E-state index contributed by atoms with van der Waals surface area (Å²) >= 11 is 0. The highest BCUT2D eigenvalue weighted by atomic mass is 28.4. The molecular weight excluding hydrogens is 550 g/mol. The molecule has 2 rings (SSSR count). The molecule has 0 radical (unpaired) electrons. The summed E-state index contributed by atoms with van der Waals surface area (Å²) in [4.78, 5) is 49.5. The molecule has 0 spiro atoms. The predicted molar refractivity (Wildman–Crippen MR) is 167 cm³/mol. The summed E-state index contributed by atoms with van der Waals surface area (Å²) < 4.78 is 18.8. The van der Waals surface area contributed by atoms with Crippen LogP contribution in [-0.2, 0) is 33.1 Å². The van der Waals surface area contributed by atoms with E-state index in [0.717, 1.165) is 12.0 Å². The van der Waals surface area contributed by atoms with Crippen LogP contribution in [-0.4, -0.2) is 57.3 Å². The van der Waals surface area contributed by atoms with Gasteiger partial charge in [-0.1, -0.05) is 58.9 Å². The Balaban J connectivity index is 2.31. The maximum absolute atomic E-state index is 13.4. The summed E-state index contributed by atoms with van der Waals surface area (Å²) in [5.74, 6) is -1.71. The number of carbonyl (C=O) groups excluding carboxylic acids is 4. The fraction of sp³-hybridized carbons (Fsp3) is 0.697. The zero-order valence-electron chi connectivity index (χ0n) is 27.2. The first kappa shape index (κ1) is 35.8. The quantitative estimate of drug-likeness (QED) is 0.144. The molecule has 2 amide bonds. The number of ketones is 1. The van der Waals surface area contributed by atoms with Gasteiger partial charge in [-0.15, -0.1) is 0 Å². The minimum absolute atomic E-state index is 0.00504. The van der Waals surface area contributed by atoms with Crippen LogP contribution < -0.4 is 5.32 Å². The molecule has 0 aromatic heterocycles. The Kier molecular flexibility index (Phi) is 13.6. The highest BCUT2D eigenvalue weighted by molar-refractivity contribution is 6.74. The Morgan fingerprint density at radius 2 is 1.74 bits per heavy atom. The van der Waals surface area contributed by atoms with Crippen molar-refractivity contribution in [3.63, 3.8) is 0 Å². The molecule has 5 atom stereocenters. The van der Waals surface area contributed by atoms with Crippen molar-refractivity contribution in [2.24, 2.45) is 17.8 Å². The molecule has 1 saturated heterocycles. The minimum Gasteiger partial charge on any atom is -0.454 e. The summed E-state index contributed by atoms with van der Waals surface area (Å²) in [5.41, 5.74) is 0.791. The lowest BCUT2D eigenvalue weighted by molar-refractivity contribution is -0.145. The zero-order chi connectivity index (χ0) is 31.7. The Hall–Kier alpha value is -2.36. The van der Waals surface area contributed by atoms with Gasteiger partial charge in [0, 0.05) is 38.4 Å². The van der Waals surface area contributed by atoms with Gasteiger partial charge in [-0.05, 0) is 62.2 Å². The molecule has 2 aliphatic rings. The molecule has 2 heterocycles. The third-order valence-electron chi connectivity index (χ3n) is 8.87. The van der Waals surface area contributed by atoms with Crippen LogP contribution in [0.2, 0.25) is 18.1 Å². The molecule has 0 aromatic rings. The first-order chi connectivity index (χ1) is 19.6. The van der Waals surface area contributed by atoms with Crippen molar-refractivity contribution in [1.29, 1.82) is 0 Å². The van der Waals surface area contributed by atoms with Gasteiger partial charge in [0.1, 0.15) is 18.0 Å². The summed E-state index contributed by atoms with van der Waals surface area (Å²) in [5, 5.41) is 2.33. The number of Topliss-reactive ketones (excluding diaryl/α,β-unsaturated/α-hetero) is 1. The number of hydrogen-bond acceptors (Lipinski definition) is 7. The molecule has 1 N–H and O–H groups in total. The van der Waals surface area contributed by atoms with Gasteiger partial charge in [0.25, 0.3) is 0 Å². The second kappa shape index (κ2) is 15.9. The van der Waals surface area contributed by atoms with Crippen LogP contribution >= 0.6 is 0 Å². The molecule has 1 fully saturated rings. The third kappa shape index (κ3) is 10.7. The van der Waals surface area contributed by atoms with E-state index in [0.29, 0.717) is 32.1 Å². The predicted octanol–water partition coefficient (Wildman–Crippen LogP) is 6.22. The molecule has 236 valence electrons. The van der Waals surface area contributed by atoms with Crippen molar-refractivity contribution < 1.29 is 33.1 Å². The lowest BCUT2D eigenvalue weighted by atomic mass is 9.86. The molecule has 0 bridgehead atoms. The third-order valence-corrected chi connectivity index (χ3v) is 13.3. The van der Waals surface area contributed by atoms with E-state index in [2.05, 4.69) is 64.3 Å². The summed E-state index contributed by atoms with van der Waals surface area (Å²) in [6.07, 6.45) is 11.6. The van der Waals surface area contributed by atoms with Gasteiger partial charge in [-0.25, -0.2) is 4.79 Å². The van der Waals surface area contributed by atoms with E-state index in [-0.39, 0.29) is 53.1 Å². The van der Waals surface area contributed by atoms with Gasteiger partial charge < -0.3 is 13.9 Å². The van der Waals surface area contributed by atoms with Gasteiger partial charge in [0.15, 0.2) is 8.32 Å². The van der Waals surface area contributed by atoms with Crippen LogP contribution in [0.1, 0.15) is 86.5 Å². The Bertz CT molecular complexity index is 1040. The van der Waals surface area contributed by atoms with Gasteiger partial charge in [-0.3, -0.25) is 19.7 Å². The smallest absolute Gasteiger partial charge is 0.331 e. The van der Waals surface area contributed by atoms with E-state index in [1.165, 1.54) is 6.08 Å². The molecule has 0 saturated carbocycles. The monoisotopic (exact) mass is 603 g/mol. The van der Waals surface area contributed by atoms with E-state index in [9.17, 15) is 19.2 Å². The standard InChI is InChI=1S/C33H53NO7Si/c1-22-19-23(2)32(41-42(8,9)33(4,5)6)27(39-7)17-12-10-11-13-18-30(38)40-31(22)24(3)26(35)16-14-15-25-20-28(36)34-29(37)21-25/h12-13,17-19,23-25,27,31-32H,10-11,14-16,20-21H2,1-9H3,(H,34,36,37)/b17-12+,18-13+,22-19-/t23-,24-,27+,31+,32+/m1/s1. The van der Waals surface area contributed by atoms with E-state index < -0.39 is 26.3 Å². The number of methoxy groups -OCH3 is 1. The number of hydrogen-bond donors (Lipinski definition) is 1. The van der Waals surface area contributed by atoms with Crippen molar-refractivity contribution in [1.82, 2.24) is 5.32 Å². The number of esters is 1. The summed E-state index contributed by atoms with van der Waals surface area (Å²) in [6, 6.07) is 0. The van der Waals surface area contributed by atoms with Gasteiger partial charge in [0.05, 0.1) is 12.0 Å². The normalized spacial score (nSPS) is 29.0. The summed E-state index contributed by atoms with van der Waals surface area (Å²) in [7, 11) is -0.470. The number of carbonyl (C=O) groups is 4. The van der Waals surface area contributed by atoms with Crippen LogP contribution in [0.5, 0.6) is 0 Å². The largest absolute Gasteiger partial charge is 0.454 e. The summed E-state index contributed by atoms with van der Waals surface area (Å²) in [6.45, 7) is 16.9. The second-order valence-electron chi connectivity index (χ2n) is 13.5. The van der Waals surface area contributed by atoms with E-state index in [4.69, 9.17) is 13.9 Å². The molecular formula is C33H53NO7Si. The Labute approximate surface area is 253 Å². The molecule has 0 unspecified atom stereocenters. The number of cyclic esters (lactones) is 1. The highest BCUT2D eigenvalue weighted by Gasteiger charge is 2.42. The van der Waals surface area contributed by atoms with Crippen LogP contribution in [0.4, 0.5) is 0 Å². The van der Waals surface area contributed by atoms with Crippen molar-refractivity contribution in [3.8, 4) is 0 Å². The number of amides is 2. The average Bonchev–Trinajstić information content (AvgIpc) is 2.88. The lowest BCUT2D eigenvalue weighted by Gasteiger charge is -2.42. The van der Waals surface area contributed by atoms with Gasteiger partial charge in [-0.2, -0.15) is 0 Å². The lowest BCUT2D eigenvalue weighted by Crippen LogP contribution is -2.49. The minimum atomic E-state index is -2.17. The van der Waals surface area contributed by atoms with Crippen molar-refractivity contribution in [2.45, 2.75) is 123 Å². The molecule has 42 heavy (non-hydrogen) atoms. The number of rotatable bonds is 9. The fourth-order valence-electron chi connectivity index (χ4n) is 5.29.